The lowest BCUT2D eigenvalue weighted by Gasteiger charge is -2.18. The fourth-order valence-electron chi connectivity index (χ4n) is 0.417. The van der Waals surface area contributed by atoms with E-state index in [9.17, 15) is 0 Å². The average Bonchev–Trinajstić information content (AvgIpc) is 1.84. The van der Waals surface area contributed by atoms with E-state index in [-0.39, 0.29) is 0 Å². The topological polar surface area (TPSA) is 9.23 Å². The molecule has 0 saturated heterocycles. The Labute approximate surface area is 63.5 Å². The summed E-state index contributed by atoms with van der Waals surface area (Å²) in [6.45, 7) is 7.25. The van der Waals surface area contributed by atoms with Crippen LogP contribution in [0.4, 0.5) is 0 Å². The molecule has 0 rings (SSSR count). The third-order valence-electron chi connectivity index (χ3n) is 1.02. The van der Waals surface area contributed by atoms with Crippen LogP contribution < -0.4 is 0 Å². The SMILES string of the molecule is CCCO[Si](C)(C)CCl. The summed E-state index contributed by atoms with van der Waals surface area (Å²) in [5.41, 5.74) is 0.701. The van der Waals surface area contributed by atoms with Gasteiger partial charge < -0.3 is 4.43 Å². The maximum Gasteiger partial charge on any atom is 0.201 e. The van der Waals surface area contributed by atoms with Gasteiger partial charge in [0.2, 0.25) is 8.32 Å². The Bertz CT molecular complexity index is 75.5. The van der Waals surface area contributed by atoms with Gasteiger partial charge in [-0.1, -0.05) is 6.92 Å². The first-order valence-electron chi connectivity index (χ1n) is 3.32. The first-order chi connectivity index (χ1) is 4.12. The molecule has 56 valence electrons. The molecule has 0 amide bonds. The van der Waals surface area contributed by atoms with Crippen LogP contribution in [0.1, 0.15) is 13.3 Å². The minimum absolute atomic E-state index is 0.701. The van der Waals surface area contributed by atoms with Crippen molar-refractivity contribution in [1.29, 1.82) is 0 Å². The molecule has 0 heterocycles. The molecule has 0 bridgehead atoms. The van der Waals surface area contributed by atoms with E-state index >= 15 is 0 Å². The third-order valence-corrected chi connectivity index (χ3v) is 4.58. The van der Waals surface area contributed by atoms with Crippen LogP contribution in [-0.4, -0.2) is 20.4 Å². The fourth-order valence-corrected chi connectivity index (χ4v) is 1.48. The summed E-state index contributed by atoms with van der Waals surface area (Å²) in [4.78, 5) is 0. The lowest BCUT2D eigenvalue weighted by Crippen LogP contribution is -2.33. The minimum atomic E-state index is -1.43. The Balaban J connectivity index is 3.33. The summed E-state index contributed by atoms with van der Waals surface area (Å²) >= 11 is 5.67. The first-order valence-corrected chi connectivity index (χ1v) is 6.97. The zero-order chi connectivity index (χ0) is 7.33. The Morgan fingerprint density at radius 1 is 1.44 bits per heavy atom. The van der Waals surface area contributed by atoms with Gasteiger partial charge in [-0.3, -0.25) is 0 Å². The van der Waals surface area contributed by atoms with Crippen molar-refractivity contribution in [2.24, 2.45) is 0 Å². The lowest BCUT2D eigenvalue weighted by molar-refractivity contribution is 0.310. The van der Waals surface area contributed by atoms with Crippen LogP contribution in [0.25, 0.3) is 0 Å². The van der Waals surface area contributed by atoms with Gasteiger partial charge in [-0.2, -0.15) is 0 Å². The zero-order valence-electron chi connectivity index (χ0n) is 6.41. The molecule has 0 aliphatic carbocycles. The summed E-state index contributed by atoms with van der Waals surface area (Å²) in [7, 11) is -1.43. The second kappa shape index (κ2) is 4.31. The fraction of sp³-hybridized carbons (Fsp3) is 1.00. The van der Waals surface area contributed by atoms with Crippen molar-refractivity contribution in [3.63, 3.8) is 0 Å². The van der Waals surface area contributed by atoms with Gasteiger partial charge in [0.1, 0.15) is 0 Å². The Kier molecular flexibility index (Phi) is 4.53. The van der Waals surface area contributed by atoms with Crippen molar-refractivity contribution in [3.8, 4) is 0 Å². The number of hydrogen-bond acceptors (Lipinski definition) is 1. The van der Waals surface area contributed by atoms with Gasteiger partial charge in [-0.25, -0.2) is 0 Å². The van der Waals surface area contributed by atoms with Crippen LogP contribution >= 0.6 is 11.6 Å². The van der Waals surface area contributed by atoms with Crippen LogP contribution in [0.15, 0.2) is 0 Å². The zero-order valence-corrected chi connectivity index (χ0v) is 8.16. The molecule has 0 spiro atoms. The van der Waals surface area contributed by atoms with Crippen molar-refractivity contribution in [2.75, 3.05) is 12.1 Å². The smallest absolute Gasteiger partial charge is 0.201 e. The molecule has 0 radical (unpaired) electrons. The van der Waals surface area contributed by atoms with Crippen LogP contribution in [0.3, 0.4) is 0 Å². The van der Waals surface area contributed by atoms with Crippen LogP contribution in [0.5, 0.6) is 0 Å². The minimum Gasteiger partial charge on any atom is -0.416 e. The number of hydrogen-bond donors (Lipinski definition) is 0. The summed E-state index contributed by atoms with van der Waals surface area (Å²) < 4.78 is 5.53. The average molecular weight is 167 g/mol. The van der Waals surface area contributed by atoms with Crippen molar-refractivity contribution in [3.05, 3.63) is 0 Å². The van der Waals surface area contributed by atoms with E-state index in [0.717, 1.165) is 13.0 Å². The Morgan fingerprint density at radius 2 is 2.00 bits per heavy atom. The molecular weight excluding hydrogens is 152 g/mol. The second-order valence-corrected chi connectivity index (χ2v) is 7.62. The van der Waals surface area contributed by atoms with Gasteiger partial charge in [0.15, 0.2) is 0 Å². The third kappa shape index (κ3) is 4.94. The molecule has 0 fully saturated rings. The number of alkyl halides is 1. The predicted molar refractivity (Wildman–Crippen MR) is 44.4 cm³/mol. The van der Waals surface area contributed by atoms with E-state index in [2.05, 4.69) is 20.0 Å². The summed E-state index contributed by atoms with van der Waals surface area (Å²) in [6, 6.07) is 0. The number of halogens is 1. The molecule has 0 unspecified atom stereocenters. The molecule has 0 aromatic carbocycles. The quantitative estimate of drug-likeness (QED) is 0.461. The van der Waals surface area contributed by atoms with Gasteiger partial charge in [-0.05, 0) is 19.5 Å². The maximum atomic E-state index is 5.67. The van der Waals surface area contributed by atoms with Crippen molar-refractivity contribution in [2.45, 2.75) is 26.4 Å². The molecule has 1 nitrogen and oxygen atoms in total. The molecule has 0 N–H and O–H groups in total. The van der Waals surface area contributed by atoms with E-state index in [0.29, 0.717) is 5.50 Å². The van der Waals surface area contributed by atoms with E-state index < -0.39 is 8.32 Å². The van der Waals surface area contributed by atoms with Gasteiger partial charge >= 0.3 is 0 Å². The monoisotopic (exact) mass is 166 g/mol. The molecule has 9 heavy (non-hydrogen) atoms. The van der Waals surface area contributed by atoms with Gasteiger partial charge in [0.25, 0.3) is 0 Å². The Hall–Kier alpha value is 0.467. The van der Waals surface area contributed by atoms with Crippen molar-refractivity contribution >= 4 is 19.9 Å². The second-order valence-electron chi connectivity index (χ2n) is 2.74. The summed E-state index contributed by atoms with van der Waals surface area (Å²) in [6.07, 6.45) is 1.09. The predicted octanol–water partition coefficient (Wildman–Crippen LogP) is 2.40. The first kappa shape index (κ1) is 9.47. The van der Waals surface area contributed by atoms with Crippen molar-refractivity contribution < 1.29 is 4.43 Å². The van der Waals surface area contributed by atoms with Gasteiger partial charge in [0.05, 0.1) is 0 Å². The molecule has 0 aliphatic rings. The molecule has 0 aliphatic heterocycles. The van der Waals surface area contributed by atoms with Crippen LogP contribution in [-0.2, 0) is 4.43 Å². The lowest BCUT2D eigenvalue weighted by atomic mass is 10.5. The number of rotatable bonds is 4. The van der Waals surface area contributed by atoms with Crippen LogP contribution in [0, 0.1) is 0 Å². The molecule has 0 aromatic heterocycles. The van der Waals surface area contributed by atoms with E-state index in [1.54, 1.807) is 0 Å². The van der Waals surface area contributed by atoms with E-state index in [1.807, 2.05) is 0 Å². The Morgan fingerprint density at radius 3 is 2.33 bits per heavy atom. The standard InChI is InChI=1S/C6H15ClOSi/c1-4-5-8-9(2,3)6-7/h4-6H2,1-3H3. The molecule has 0 aromatic rings. The van der Waals surface area contributed by atoms with Gasteiger partial charge in [0, 0.05) is 12.1 Å². The molecular formula is C6H15ClOSi. The normalized spacial score (nSPS) is 12.0. The van der Waals surface area contributed by atoms with Crippen molar-refractivity contribution in [1.82, 2.24) is 0 Å². The van der Waals surface area contributed by atoms with Crippen LogP contribution in [0.2, 0.25) is 13.1 Å². The van der Waals surface area contributed by atoms with E-state index in [4.69, 9.17) is 16.0 Å². The maximum absolute atomic E-state index is 5.67. The molecule has 3 heteroatoms. The highest BCUT2D eigenvalue weighted by molar-refractivity contribution is 6.77. The largest absolute Gasteiger partial charge is 0.416 e. The molecule has 0 atom stereocenters. The summed E-state index contributed by atoms with van der Waals surface area (Å²) in [5, 5.41) is 0. The highest BCUT2D eigenvalue weighted by Gasteiger charge is 2.19. The highest BCUT2D eigenvalue weighted by atomic mass is 35.5. The molecule has 0 saturated carbocycles. The highest BCUT2D eigenvalue weighted by Crippen LogP contribution is 2.05. The summed E-state index contributed by atoms with van der Waals surface area (Å²) in [5.74, 6) is 0. The van der Waals surface area contributed by atoms with E-state index in [1.165, 1.54) is 0 Å². The van der Waals surface area contributed by atoms with Gasteiger partial charge in [-0.15, -0.1) is 11.6 Å².